The van der Waals surface area contributed by atoms with Gasteiger partial charge in [-0.15, -0.1) is 21.5 Å². The second kappa shape index (κ2) is 5.65. The van der Waals surface area contributed by atoms with Crippen LogP contribution < -0.4 is 4.90 Å². The van der Waals surface area contributed by atoms with E-state index in [2.05, 4.69) is 16.3 Å². The summed E-state index contributed by atoms with van der Waals surface area (Å²) >= 11 is 4.58. The van der Waals surface area contributed by atoms with Crippen molar-refractivity contribution in [2.75, 3.05) is 11.4 Å². The van der Waals surface area contributed by atoms with Gasteiger partial charge in [0.1, 0.15) is 16.1 Å². The lowest BCUT2D eigenvalue weighted by Gasteiger charge is -2.14. The molecule has 2 aromatic heterocycles. The van der Waals surface area contributed by atoms with E-state index in [1.165, 1.54) is 35.9 Å². The predicted octanol–water partition coefficient (Wildman–Crippen LogP) is 3.25. The molecule has 0 N–H and O–H groups in total. The summed E-state index contributed by atoms with van der Waals surface area (Å²) in [4.78, 5) is 14.3. The van der Waals surface area contributed by atoms with Crippen molar-refractivity contribution in [2.45, 2.75) is 34.8 Å². The molecule has 8 heteroatoms. The molecule has 0 radical (unpaired) electrons. The van der Waals surface area contributed by atoms with Crippen LogP contribution in [0.3, 0.4) is 0 Å². The molecule has 0 bridgehead atoms. The first-order valence-corrected chi connectivity index (χ1v) is 9.63. The van der Waals surface area contributed by atoms with Gasteiger partial charge < -0.3 is 4.90 Å². The molecule has 1 amide bonds. The number of thioether (sulfide) groups is 1. The average Bonchev–Trinajstić information content (AvgIpc) is 2.95. The van der Waals surface area contributed by atoms with E-state index in [1.54, 1.807) is 22.3 Å². The number of aromatic nitrogens is 2. The van der Waals surface area contributed by atoms with E-state index in [9.17, 15) is 4.79 Å². The molecule has 1 aliphatic carbocycles. The topological polar surface area (TPSA) is 69.9 Å². The van der Waals surface area contributed by atoms with E-state index in [1.807, 2.05) is 5.38 Å². The number of hydrogen-bond acceptors (Lipinski definition) is 7. The quantitative estimate of drug-likeness (QED) is 0.848. The second-order valence-corrected chi connectivity index (χ2v) is 8.67. The van der Waals surface area contributed by atoms with Crippen molar-refractivity contribution < 1.29 is 4.79 Å². The van der Waals surface area contributed by atoms with E-state index in [0.717, 1.165) is 20.8 Å². The van der Waals surface area contributed by atoms with E-state index >= 15 is 0 Å². The van der Waals surface area contributed by atoms with Gasteiger partial charge in [0, 0.05) is 12.5 Å². The zero-order valence-electron chi connectivity index (χ0n) is 11.6. The highest BCUT2D eigenvalue weighted by Crippen LogP contribution is 2.44. The van der Waals surface area contributed by atoms with Crippen molar-refractivity contribution in [3.8, 4) is 6.07 Å². The lowest BCUT2D eigenvalue weighted by Crippen LogP contribution is -2.27. The summed E-state index contributed by atoms with van der Waals surface area (Å²) in [7, 11) is 0. The number of carbonyl (C=O) groups excluding carboxylic acids is 1. The second-order valence-electron chi connectivity index (χ2n) is 5.32. The monoisotopic (exact) mass is 348 g/mol. The number of nitrogens with zero attached hydrogens (tertiary/aromatic N) is 4. The summed E-state index contributed by atoms with van der Waals surface area (Å²) in [6.07, 6.45) is 3.21. The molecular weight excluding hydrogens is 336 g/mol. The number of hydrogen-bond donors (Lipinski definition) is 0. The Bertz CT molecular complexity index is 758. The molecule has 22 heavy (non-hydrogen) atoms. The molecule has 1 atom stereocenters. The summed E-state index contributed by atoms with van der Waals surface area (Å²) in [5, 5.41) is 21.2. The minimum Gasteiger partial charge on any atom is -0.302 e. The molecule has 2 aliphatic rings. The molecule has 5 nitrogen and oxygen atoms in total. The van der Waals surface area contributed by atoms with Crippen LogP contribution >= 0.6 is 34.4 Å². The number of nitriles is 1. The summed E-state index contributed by atoms with van der Waals surface area (Å²) in [5.41, 5.74) is 0.580. The van der Waals surface area contributed by atoms with Crippen molar-refractivity contribution in [1.82, 2.24) is 10.2 Å². The SMILES string of the molecule is N#Cc1ccsc1N1CC[C@H](Sc2nnc(C3CC3)s2)C1=O. The minimum atomic E-state index is -0.117. The van der Waals surface area contributed by atoms with Crippen LogP contribution in [0.2, 0.25) is 0 Å². The molecule has 2 fully saturated rings. The zero-order valence-corrected chi connectivity index (χ0v) is 14.0. The first-order chi connectivity index (χ1) is 10.8. The number of amides is 1. The van der Waals surface area contributed by atoms with E-state index in [0.29, 0.717) is 18.0 Å². The summed E-state index contributed by atoms with van der Waals surface area (Å²) in [6, 6.07) is 3.91. The van der Waals surface area contributed by atoms with Crippen LogP contribution in [0.5, 0.6) is 0 Å². The maximum atomic E-state index is 12.6. The van der Waals surface area contributed by atoms with Crippen LogP contribution in [0.4, 0.5) is 5.00 Å². The number of rotatable bonds is 4. The predicted molar refractivity (Wildman–Crippen MR) is 87.5 cm³/mol. The number of anilines is 1. The van der Waals surface area contributed by atoms with Crippen LogP contribution in [0.1, 0.15) is 35.8 Å². The molecule has 4 rings (SSSR count). The Kier molecular flexibility index (Phi) is 3.64. The van der Waals surface area contributed by atoms with Gasteiger partial charge in [0.25, 0.3) is 0 Å². The minimum absolute atomic E-state index is 0.0760. The fourth-order valence-corrected chi connectivity index (χ4v) is 5.65. The van der Waals surface area contributed by atoms with Crippen LogP contribution in [-0.4, -0.2) is 27.9 Å². The zero-order chi connectivity index (χ0) is 15.1. The fraction of sp³-hybridized carbons (Fsp3) is 0.429. The highest BCUT2D eigenvalue weighted by Gasteiger charge is 2.36. The van der Waals surface area contributed by atoms with E-state index < -0.39 is 0 Å². The number of carbonyl (C=O) groups is 1. The van der Waals surface area contributed by atoms with Crippen molar-refractivity contribution in [1.29, 1.82) is 5.26 Å². The highest BCUT2D eigenvalue weighted by molar-refractivity contribution is 8.02. The molecule has 1 saturated carbocycles. The Morgan fingerprint density at radius 1 is 1.36 bits per heavy atom. The molecule has 1 saturated heterocycles. The lowest BCUT2D eigenvalue weighted by atomic mass is 10.3. The maximum absolute atomic E-state index is 12.6. The summed E-state index contributed by atoms with van der Waals surface area (Å²) in [5.74, 6) is 0.680. The molecule has 0 aromatic carbocycles. The van der Waals surface area contributed by atoms with Gasteiger partial charge in [-0.25, -0.2) is 0 Å². The van der Waals surface area contributed by atoms with Crippen LogP contribution in [0.15, 0.2) is 15.8 Å². The van der Waals surface area contributed by atoms with Crippen LogP contribution in [-0.2, 0) is 4.79 Å². The standard InChI is InChI=1S/C14H12N4OS3/c15-7-9-4-6-20-13(9)18-5-3-10(12(18)19)21-14-17-16-11(22-14)8-1-2-8/h4,6,8,10H,1-3,5H2/t10-/m0/s1. The average molecular weight is 348 g/mol. The highest BCUT2D eigenvalue weighted by atomic mass is 32.2. The first-order valence-electron chi connectivity index (χ1n) is 7.05. The van der Waals surface area contributed by atoms with Crippen molar-refractivity contribution in [3.63, 3.8) is 0 Å². The normalized spacial score (nSPS) is 21.3. The van der Waals surface area contributed by atoms with Gasteiger partial charge in [-0.05, 0) is 30.7 Å². The molecule has 0 spiro atoms. The molecule has 112 valence electrons. The van der Waals surface area contributed by atoms with Crippen molar-refractivity contribution >= 4 is 45.3 Å². The molecule has 2 aromatic rings. The third kappa shape index (κ3) is 2.53. The van der Waals surface area contributed by atoms with Crippen LogP contribution in [0.25, 0.3) is 0 Å². The Labute approximate surface area is 140 Å². The van der Waals surface area contributed by atoms with Gasteiger partial charge in [0.05, 0.1) is 10.8 Å². The van der Waals surface area contributed by atoms with E-state index in [4.69, 9.17) is 5.26 Å². The Morgan fingerprint density at radius 2 is 2.23 bits per heavy atom. The summed E-state index contributed by atoms with van der Waals surface area (Å²) in [6.45, 7) is 0.667. The van der Waals surface area contributed by atoms with Gasteiger partial charge in [-0.2, -0.15) is 5.26 Å². The Hall–Kier alpha value is -1.43. The largest absolute Gasteiger partial charge is 0.302 e. The van der Waals surface area contributed by atoms with Crippen LogP contribution in [0, 0.1) is 11.3 Å². The molecule has 3 heterocycles. The van der Waals surface area contributed by atoms with Gasteiger partial charge >= 0.3 is 0 Å². The lowest BCUT2D eigenvalue weighted by molar-refractivity contribution is -0.116. The first kappa shape index (κ1) is 14.2. The fourth-order valence-electron chi connectivity index (χ4n) is 2.45. The third-order valence-corrected chi connectivity index (χ3v) is 7.12. The van der Waals surface area contributed by atoms with Gasteiger partial charge in [0.2, 0.25) is 5.91 Å². The Morgan fingerprint density at radius 3 is 3.00 bits per heavy atom. The Balaban J connectivity index is 1.48. The van der Waals surface area contributed by atoms with Crippen molar-refractivity contribution in [2.24, 2.45) is 0 Å². The third-order valence-electron chi connectivity index (χ3n) is 3.76. The molecule has 1 aliphatic heterocycles. The van der Waals surface area contributed by atoms with Gasteiger partial charge in [0.15, 0.2) is 4.34 Å². The van der Waals surface area contributed by atoms with E-state index in [-0.39, 0.29) is 11.2 Å². The maximum Gasteiger partial charge on any atom is 0.241 e. The summed E-state index contributed by atoms with van der Waals surface area (Å²) < 4.78 is 0.883. The molecular formula is C14H12N4OS3. The number of thiophene rings is 1. The molecule has 0 unspecified atom stereocenters. The van der Waals surface area contributed by atoms with Gasteiger partial charge in [-0.1, -0.05) is 23.1 Å². The smallest absolute Gasteiger partial charge is 0.241 e. The van der Waals surface area contributed by atoms with Gasteiger partial charge in [-0.3, -0.25) is 4.79 Å². The van der Waals surface area contributed by atoms with Crippen molar-refractivity contribution in [3.05, 3.63) is 22.0 Å².